The Morgan fingerprint density at radius 2 is 1.89 bits per heavy atom. The van der Waals surface area contributed by atoms with Crippen molar-refractivity contribution in [3.05, 3.63) is 34.9 Å². The number of aliphatic hydroxyl groups excluding tert-OH is 1. The van der Waals surface area contributed by atoms with Crippen molar-refractivity contribution >= 4 is 23.4 Å². The Morgan fingerprint density at radius 1 is 1.21 bits per heavy atom. The van der Waals surface area contributed by atoms with Crippen molar-refractivity contribution in [1.82, 2.24) is 14.7 Å². The minimum atomic E-state index is -0.720. The number of aliphatic hydroxyl groups is 1. The number of carbonyl (C=O) groups excluding carboxylic acids is 2. The molecule has 2 atom stereocenters. The van der Waals surface area contributed by atoms with E-state index in [1.165, 1.54) is 4.90 Å². The molecule has 3 saturated heterocycles. The van der Waals surface area contributed by atoms with Gasteiger partial charge in [-0.1, -0.05) is 50.6 Å². The van der Waals surface area contributed by atoms with E-state index in [0.717, 1.165) is 12.1 Å². The number of β-amino-alcohol motifs (C(OH)–C–C–N with tert-alkyl or cyclic N) is 1. The highest BCUT2D eigenvalue weighted by Crippen LogP contribution is 2.41. The number of nitrogens with zero attached hydrogens (tertiary/aromatic N) is 3. The van der Waals surface area contributed by atoms with E-state index in [1.54, 1.807) is 6.07 Å². The van der Waals surface area contributed by atoms with Crippen molar-refractivity contribution in [3.63, 3.8) is 0 Å². The number of likely N-dealkylation sites (tertiary alicyclic amines) is 1. The number of fused-ring (bicyclic) bond motifs is 2. The molecule has 0 bridgehead atoms. The normalized spacial score (nSPS) is 28.0. The van der Waals surface area contributed by atoms with Gasteiger partial charge in [-0.2, -0.15) is 0 Å². The molecule has 2 amide bonds. The third-order valence-electron chi connectivity index (χ3n) is 5.98. The predicted molar refractivity (Wildman–Crippen MR) is 107 cm³/mol. The molecule has 4 rings (SSSR count). The molecule has 0 radical (unpaired) electrons. The standard InChI is InChI=1S/C21H28ClN3O3/c1-20(2,3)11-23-12-21(13-23)19(28)24(9-14-6-4-5-7-16(14)22)18(27)17-8-15(26)10-25(17)21/h4-7,15,17,26H,8-13H2,1-3H3. The summed E-state index contributed by atoms with van der Waals surface area (Å²) in [7, 11) is 0. The number of imide groups is 1. The number of hydrogen-bond donors (Lipinski definition) is 1. The van der Waals surface area contributed by atoms with Crippen LogP contribution in [-0.4, -0.2) is 75.5 Å². The van der Waals surface area contributed by atoms with Crippen molar-refractivity contribution in [2.75, 3.05) is 26.2 Å². The third kappa shape index (κ3) is 3.26. The zero-order valence-corrected chi connectivity index (χ0v) is 17.4. The number of halogens is 1. The molecule has 1 aromatic rings. The average molecular weight is 406 g/mol. The number of hydrogen-bond acceptors (Lipinski definition) is 5. The smallest absolute Gasteiger partial charge is 0.252 e. The maximum Gasteiger partial charge on any atom is 0.252 e. The highest BCUT2D eigenvalue weighted by Gasteiger charge is 2.64. The summed E-state index contributed by atoms with van der Waals surface area (Å²) in [6.07, 6.45) is -0.192. The quantitative estimate of drug-likeness (QED) is 0.776. The summed E-state index contributed by atoms with van der Waals surface area (Å²) in [6, 6.07) is 6.87. The van der Waals surface area contributed by atoms with E-state index in [-0.39, 0.29) is 23.8 Å². The first-order valence-corrected chi connectivity index (χ1v) is 10.2. The van der Waals surface area contributed by atoms with Crippen molar-refractivity contribution in [2.24, 2.45) is 5.41 Å². The van der Waals surface area contributed by atoms with Gasteiger partial charge in [0.25, 0.3) is 5.91 Å². The van der Waals surface area contributed by atoms with E-state index in [0.29, 0.717) is 31.1 Å². The topological polar surface area (TPSA) is 64.1 Å². The van der Waals surface area contributed by atoms with Crippen molar-refractivity contribution < 1.29 is 14.7 Å². The van der Waals surface area contributed by atoms with E-state index in [1.807, 2.05) is 23.1 Å². The molecule has 3 aliphatic rings. The fourth-order valence-corrected chi connectivity index (χ4v) is 5.11. The summed E-state index contributed by atoms with van der Waals surface area (Å²) >= 11 is 6.28. The van der Waals surface area contributed by atoms with Crippen LogP contribution in [0.1, 0.15) is 32.8 Å². The molecule has 6 nitrogen and oxygen atoms in total. The molecule has 0 aliphatic carbocycles. The fraction of sp³-hybridized carbons (Fsp3) is 0.619. The third-order valence-corrected chi connectivity index (χ3v) is 6.35. The fourth-order valence-electron chi connectivity index (χ4n) is 4.91. The summed E-state index contributed by atoms with van der Waals surface area (Å²) in [4.78, 5) is 32.2. The summed E-state index contributed by atoms with van der Waals surface area (Å²) in [5, 5.41) is 10.8. The number of benzene rings is 1. The van der Waals surface area contributed by atoms with Gasteiger partial charge < -0.3 is 5.11 Å². The van der Waals surface area contributed by atoms with Crippen LogP contribution in [0.4, 0.5) is 0 Å². The van der Waals surface area contributed by atoms with Crippen LogP contribution in [0.25, 0.3) is 0 Å². The molecule has 3 fully saturated rings. The molecule has 3 heterocycles. The van der Waals surface area contributed by atoms with Crippen LogP contribution in [0, 0.1) is 5.41 Å². The Hall–Kier alpha value is -1.47. The molecule has 1 N–H and O–H groups in total. The van der Waals surface area contributed by atoms with E-state index >= 15 is 0 Å². The lowest BCUT2D eigenvalue weighted by Crippen LogP contribution is -2.81. The monoisotopic (exact) mass is 405 g/mol. The number of amides is 2. The number of carbonyl (C=O) groups is 2. The Kier molecular flexibility index (Phi) is 4.82. The number of piperazine rings is 1. The van der Waals surface area contributed by atoms with Crippen LogP contribution in [0.2, 0.25) is 5.02 Å². The van der Waals surface area contributed by atoms with Gasteiger partial charge in [-0.25, -0.2) is 0 Å². The van der Waals surface area contributed by atoms with Gasteiger partial charge in [0, 0.05) is 31.2 Å². The average Bonchev–Trinajstić information content (AvgIpc) is 2.96. The second-order valence-electron chi connectivity index (χ2n) is 9.62. The van der Waals surface area contributed by atoms with Gasteiger partial charge in [0.1, 0.15) is 5.54 Å². The molecular weight excluding hydrogens is 378 g/mol. The molecular formula is C21H28ClN3O3. The lowest BCUT2D eigenvalue weighted by molar-refractivity contribution is -0.181. The van der Waals surface area contributed by atoms with Gasteiger partial charge in [-0.05, 0) is 23.5 Å². The predicted octanol–water partition coefficient (Wildman–Crippen LogP) is 1.74. The summed E-state index contributed by atoms with van der Waals surface area (Å²) < 4.78 is 0. The zero-order chi connectivity index (χ0) is 20.3. The summed E-state index contributed by atoms with van der Waals surface area (Å²) in [5.41, 5.74) is 0.178. The van der Waals surface area contributed by atoms with Crippen LogP contribution < -0.4 is 0 Å². The Bertz CT molecular complexity index is 800. The van der Waals surface area contributed by atoms with Gasteiger partial charge in [0.05, 0.1) is 18.7 Å². The van der Waals surface area contributed by atoms with Gasteiger partial charge in [0.15, 0.2) is 0 Å². The molecule has 2 unspecified atom stereocenters. The van der Waals surface area contributed by atoms with E-state index in [9.17, 15) is 14.7 Å². The SMILES string of the molecule is CC(C)(C)CN1CC2(C1)C(=O)N(Cc1ccccc1Cl)C(=O)C1CC(O)CN12. The van der Waals surface area contributed by atoms with Gasteiger partial charge in [-0.3, -0.25) is 24.3 Å². The lowest BCUT2D eigenvalue weighted by atomic mass is 9.80. The Labute approximate surface area is 171 Å². The Morgan fingerprint density at radius 3 is 2.54 bits per heavy atom. The zero-order valence-electron chi connectivity index (χ0n) is 16.7. The molecule has 7 heteroatoms. The molecule has 0 saturated carbocycles. The van der Waals surface area contributed by atoms with Gasteiger partial charge >= 0.3 is 0 Å². The second kappa shape index (κ2) is 6.80. The first-order valence-electron chi connectivity index (χ1n) is 9.87. The van der Waals surface area contributed by atoms with Crippen molar-refractivity contribution in [2.45, 2.75) is 51.4 Å². The molecule has 1 spiro atoms. The van der Waals surface area contributed by atoms with Gasteiger partial charge in [0.2, 0.25) is 5.91 Å². The molecule has 152 valence electrons. The van der Waals surface area contributed by atoms with Gasteiger partial charge in [-0.15, -0.1) is 0 Å². The maximum atomic E-state index is 13.5. The van der Waals surface area contributed by atoms with E-state index in [2.05, 4.69) is 25.7 Å². The van der Waals surface area contributed by atoms with Crippen LogP contribution in [-0.2, 0) is 16.1 Å². The molecule has 0 aromatic heterocycles. The van der Waals surface area contributed by atoms with Crippen LogP contribution in [0.5, 0.6) is 0 Å². The van der Waals surface area contributed by atoms with Crippen LogP contribution >= 0.6 is 11.6 Å². The maximum absolute atomic E-state index is 13.5. The van der Waals surface area contributed by atoms with Crippen LogP contribution in [0.15, 0.2) is 24.3 Å². The number of rotatable bonds is 3. The van der Waals surface area contributed by atoms with E-state index in [4.69, 9.17) is 11.6 Å². The van der Waals surface area contributed by atoms with E-state index < -0.39 is 17.7 Å². The summed E-state index contributed by atoms with van der Waals surface area (Å²) in [5.74, 6) is -0.380. The Balaban J connectivity index is 1.62. The second-order valence-corrected chi connectivity index (χ2v) is 10.0. The van der Waals surface area contributed by atoms with Crippen molar-refractivity contribution in [3.8, 4) is 0 Å². The molecule has 1 aromatic carbocycles. The minimum absolute atomic E-state index is 0.135. The first-order chi connectivity index (χ1) is 13.1. The largest absolute Gasteiger partial charge is 0.392 e. The van der Waals surface area contributed by atoms with Crippen LogP contribution in [0.3, 0.4) is 0 Å². The highest BCUT2D eigenvalue weighted by molar-refractivity contribution is 6.31. The summed E-state index contributed by atoms with van der Waals surface area (Å²) in [6.45, 7) is 9.17. The lowest BCUT2D eigenvalue weighted by Gasteiger charge is -2.59. The first kappa shape index (κ1) is 19.8. The molecule has 28 heavy (non-hydrogen) atoms. The van der Waals surface area contributed by atoms with Crippen molar-refractivity contribution in [1.29, 1.82) is 0 Å². The molecule has 3 aliphatic heterocycles. The highest BCUT2D eigenvalue weighted by atomic mass is 35.5. The minimum Gasteiger partial charge on any atom is -0.392 e.